The summed E-state index contributed by atoms with van der Waals surface area (Å²) in [4.78, 5) is 26.9. The molecular weight excluding hydrogens is 368 g/mol. The molecule has 0 radical (unpaired) electrons. The highest BCUT2D eigenvalue weighted by Crippen LogP contribution is 2.28. The van der Waals surface area contributed by atoms with E-state index in [1.54, 1.807) is 13.0 Å². The lowest BCUT2D eigenvalue weighted by atomic mass is 9.99. The SMILES string of the molecule is Cc1cc(C(=O)NC2CCN(C(=O)N[C@@H]3CCCCc4ccccc43)CC2)no1. The van der Waals surface area contributed by atoms with Crippen LogP contribution in [0.3, 0.4) is 0 Å². The van der Waals surface area contributed by atoms with Gasteiger partial charge in [0.1, 0.15) is 5.76 Å². The van der Waals surface area contributed by atoms with Crippen molar-refractivity contribution in [2.45, 2.75) is 57.5 Å². The average Bonchev–Trinajstić information content (AvgIpc) is 3.07. The summed E-state index contributed by atoms with van der Waals surface area (Å²) in [6.45, 7) is 3.01. The van der Waals surface area contributed by atoms with Crippen molar-refractivity contribution in [2.24, 2.45) is 0 Å². The van der Waals surface area contributed by atoms with E-state index in [1.165, 1.54) is 17.5 Å². The van der Waals surface area contributed by atoms with Gasteiger partial charge >= 0.3 is 6.03 Å². The molecule has 7 heteroatoms. The van der Waals surface area contributed by atoms with Gasteiger partial charge in [0.2, 0.25) is 0 Å². The first-order chi connectivity index (χ1) is 14.1. The molecule has 0 saturated carbocycles. The fourth-order valence-corrected chi connectivity index (χ4v) is 4.27. The van der Waals surface area contributed by atoms with Crippen molar-refractivity contribution in [1.82, 2.24) is 20.7 Å². The molecule has 0 unspecified atom stereocenters. The highest BCUT2D eigenvalue weighted by molar-refractivity contribution is 5.92. The third-order valence-electron chi connectivity index (χ3n) is 5.90. The zero-order chi connectivity index (χ0) is 20.2. The van der Waals surface area contributed by atoms with Gasteiger partial charge in [0.05, 0.1) is 6.04 Å². The number of aryl methyl sites for hydroxylation is 2. The molecular formula is C22H28N4O3. The minimum atomic E-state index is -0.222. The number of carbonyl (C=O) groups excluding carboxylic acids is 2. The summed E-state index contributed by atoms with van der Waals surface area (Å²) >= 11 is 0. The van der Waals surface area contributed by atoms with E-state index in [0.717, 1.165) is 32.1 Å². The van der Waals surface area contributed by atoms with Crippen LogP contribution in [-0.4, -0.2) is 41.1 Å². The molecule has 7 nitrogen and oxygen atoms in total. The number of amides is 3. The lowest BCUT2D eigenvalue weighted by molar-refractivity contribution is 0.0908. The lowest BCUT2D eigenvalue weighted by Gasteiger charge is -2.33. The first kappa shape index (κ1) is 19.5. The molecule has 1 saturated heterocycles. The van der Waals surface area contributed by atoms with Crippen LogP contribution in [-0.2, 0) is 6.42 Å². The molecule has 1 aromatic carbocycles. The summed E-state index contributed by atoms with van der Waals surface area (Å²) in [5.74, 6) is 0.390. The Morgan fingerprint density at radius 2 is 1.90 bits per heavy atom. The molecule has 29 heavy (non-hydrogen) atoms. The standard InChI is InChI=1S/C22H28N4O3/c1-15-14-20(25-29-15)21(27)23-17-10-12-26(13-11-17)22(28)24-19-9-5-3-7-16-6-2-4-8-18(16)19/h2,4,6,8,14,17,19H,3,5,7,9-13H2,1H3,(H,23,27)(H,24,28)/t19-/m1/s1. The van der Waals surface area contributed by atoms with E-state index in [0.29, 0.717) is 24.5 Å². The highest BCUT2D eigenvalue weighted by Gasteiger charge is 2.27. The van der Waals surface area contributed by atoms with Crippen molar-refractivity contribution >= 4 is 11.9 Å². The second-order valence-corrected chi connectivity index (χ2v) is 8.00. The third kappa shape index (κ3) is 4.60. The molecule has 0 bridgehead atoms. The number of piperidine rings is 1. The quantitative estimate of drug-likeness (QED) is 0.779. The lowest BCUT2D eigenvalue weighted by Crippen LogP contribution is -2.50. The average molecular weight is 396 g/mol. The van der Waals surface area contributed by atoms with Crippen LogP contribution in [0.4, 0.5) is 4.79 Å². The van der Waals surface area contributed by atoms with Crippen LogP contribution >= 0.6 is 0 Å². The molecule has 2 aliphatic rings. The Labute approximate surface area is 170 Å². The Kier molecular flexibility index (Phi) is 5.83. The van der Waals surface area contributed by atoms with Crippen LogP contribution in [0, 0.1) is 6.92 Å². The maximum Gasteiger partial charge on any atom is 0.317 e. The molecule has 1 atom stereocenters. The van der Waals surface area contributed by atoms with E-state index in [2.05, 4.69) is 34.0 Å². The molecule has 2 heterocycles. The van der Waals surface area contributed by atoms with Crippen LogP contribution in [0.1, 0.15) is 65.5 Å². The van der Waals surface area contributed by atoms with Gasteiger partial charge in [-0.3, -0.25) is 4.79 Å². The number of benzene rings is 1. The summed E-state index contributed by atoms with van der Waals surface area (Å²) in [7, 11) is 0. The Morgan fingerprint density at radius 3 is 2.66 bits per heavy atom. The number of rotatable bonds is 3. The van der Waals surface area contributed by atoms with Gasteiger partial charge in [0.25, 0.3) is 5.91 Å². The van der Waals surface area contributed by atoms with E-state index in [1.807, 2.05) is 11.0 Å². The van der Waals surface area contributed by atoms with Gasteiger partial charge < -0.3 is 20.1 Å². The zero-order valence-electron chi connectivity index (χ0n) is 16.8. The largest absolute Gasteiger partial charge is 0.361 e. The second-order valence-electron chi connectivity index (χ2n) is 8.00. The van der Waals surface area contributed by atoms with Crippen LogP contribution in [0.15, 0.2) is 34.9 Å². The van der Waals surface area contributed by atoms with Crippen molar-refractivity contribution in [3.05, 3.63) is 52.9 Å². The number of fused-ring (bicyclic) bond motifs is 1. The molecule has 3 amide bonds. The number of hydrogen-bond donors (Lipinski definition) is 2. The predicted octanol–water partition coefficient (Wildman–Crippen LogP) is 3.35. The normalized spacial score (nSPS) is 19.9. The number of hydrogen-bond acceptors (Lipinski definition) is 4. The summed E-state index contributed by atoms with van der Waals surface area (Å²) in [6.07, 6.45) is 5.81. The van der Waals surface area contributed by atoms with Crippen molar-refractivity contribution in [3.8, 4) is 0 Å². The number of nitrogens with zero attached hydrogens (tertiary/aromatic N) is 2. The maximum atomic E-state index is 12.8. The van der Waals surface area contributed by atoms with Gasteiger partial charge in [-0.2, -0.15) is 0 Å². The fourth-order valence-electron chi connectivity index (χ4n) is 4.27. The molecule has 2 aromatic rings. The van der Waals surface area contributed by atoms with Crippen LogP contribution in [0.2, 0.25) is 0 Å². The summed E-state index contributed by atoms with van der Waals surface area (Å²) in [6, 6.07) is 10.2. The maximum absolute atomic E-state index is 12.8. The fraction of sp³-hybridized carbons (Fsp3) is 0.500. The third-order valence-corrected chi connectivity index (χ3v) is 5.90. The van der Waals surface area contributed by atoms with E-state index in [4.69, 9.17) is 4.52 Å². The van der Waals surface area contributed by atoms with Gasteiger partial charge in [-0.05, 0) is 50.2 Å². The monoisotopic (exact) mass is 396 g/mol. The molecule has 1 fully saturated rings. The minimum absolute atomic E-state index is 0.0106. The van der Waals surface area contributed by atoms with Crippen LogP contribution < -0.4 is 10.6 Å². The number of aromatic nitrogens is 1. The van der Waals surface area contributed by atoms with Gasteiger partial charge in [0, 0.05) is 25.2 Å². The molecule has 0 spiro atoms. The predicted molar refractivity (Wildman–Crippen MR) is 109 cm³/mol. The first-order valence-electron chi connectivity index (χ1n) is 10.5. The van der Waals surface area contributed by atoms with Crippen molar-refractivity contribution < 1.29 is 14.1 Å². The highest BCUT2D eigenvalue weighted by atomic mass is 16.5. The Hall–Kier alpha value is -2.83. The van der Waals surface area contributed by atoms with E-state index in [9.17, 15) is 9.59 Å². The minimum Gasteiger partial charge on any atom is -0.361 e. The molecule has 154 valence electrons. The van der Waals surface area contributed by atoms with Gasteiger partial charge in [-0.15, -0.1) is 0 Å². The van der Waals surface area contributed by atoms with Crippen LogP contribution in [0.25, 0.3) is 0 Å². The number of carbonyl (C=O) groups is 2. The molecule has 1 aliphatic carbocycles. The van der Waals surface area contributed by atoms with Gasteiger partial charge in [-0.25, -0.2) is 4.79 Å². The van der Waals surface area contributed by atoms with E-state index < -0.39 is 0 Å². The molecule has 1 aliphatic heterocycles. The summed E-state index contributed by atoms with van der Waals surface area (Å²) in [5, 5.41) is 9.99. The van der Waals surface area contributed by atoms with Gasteiger partial charge in [0.15, 0.2) is 5.69 Å². The topological polar surface area (TPSA) is 87.5 Å². The Morgan fingerprint density at radius 1 is 1.10 bits per heavy atom. The number of likely N-dealkylation sites (tertiary alicyclic amines) is 1. The molecule has 1 aromatic heterocycles. The Balaban J connectivity index is 1.30. The van der Waals surface area contributed by atoms with E-state index >= 15 is 0 Å². The first-order valence-corrected chi connectivity index (χ1v) is 10.5. The zero-order valence-corrected chi connectivity index (χ0v) is 16.8. The second kappa shape index (κ2) is 8.68. The smallest absolute Gasteiger partial charge is 0.317 e. The summed E-state index contributed by atoms with van der Waals surface area (Å²) in [5.41, 5.74) is 2.90. The molecule has 4 rings (SSSR count). The Bertz CT molecular complexity index is 870. The van der Waals surface area contributed by atoms with Crippen molar-refractivity contribution in [2.75, 3.05) is 13.1 Å². The van der Waals surface area contributed by atoms with E-state index in [-0.39, 0.29) is 24.0 Å². The number of nitrogens with one attached hydrogen (secondary N) is 2. The van der Waals surface area contributed by atoms with Crippen molar-refractivity contribution in [1.29, 1.82) is 0 Å². The number of urea groups is 1. The summed E-state index contributed by atoms with van der Waals surface area (Å²) < 4.78 is 4.96. The van der Waals surface area contributed by atoms with Crippen LogP contribution in [0.5, 0.6) is 0 Å². The molecule has 2 N–H and O–H groups in total. The van der Waals surface area contributed by atoms with Crippen molar-refractivity contribution in [3.63, 3.8) is 0 Å². The van der Waals surface area contributed by atoms with Gasteiger partial charge in [-0.1, -0.05) is 35.8 Å².